The number of nitrogens with one attached hydrogen (secondary N) is 2. The van der Waals surface area contributed by atoms with Gasteiger partial charge in [0.25, 0.3) is 0 Å². The summed E-state index contributed by atoms with van der Waals surface area (Å²) in [6.07, 6.45) is 3.30. The summed E-state index contributed by atoms with van der Waals surface area (Å²) in [4.78, 5) is 24.0. The van der Waals surface area contributed by atoms with Gasteiger partial charge in [-0.2, -0.15) is 0 Å². The van der Waals surface area contributed by atoms with Crippen molar-refractivity contribution in [3.05, 3.63) is 54.1 Å². The van der Waals surface area contributed by atoms with Crippen LogP contribution in [-0.2, 0) is 16.1 Å². The maximum Gasteiger partial charge on any atom is 0.313 e. The summed E-state index contributed by atoms with van der Waals surface area (Å²) < 4.78 is 10.8. The molecule has 0 saturated heterocycles. The Morgan fingerprint density at radius 1 is 0.963 bits per heavy atom. The van der Waals surface area contributed by atoms with Crippen molar-refractivity contribution in [2.45, 2.75) is 32.7 Å². The number of carbonyl (C=O) groups is 2. The third-order valence-electron chi connectivity index (χ3n) is 3.92. The topological polar surface area (TPSA) is 76.7 Å². The van der Waals surface area contributed by atoms with Gasteiger partial charge in [0.15, 0.2) is 0 Å². The van der Waals surface area contributed by atoms with E-state index in [0.717, 1.165) is 30.6 Å². The highest BCUT2D eigenvalue weighted by Gasteiger charge is 2.13. The van der Waals surface area contributed by atoms with Crippen molar-refractivity contribution in [1.29, 1.82) is 0 Å². The van der Waals surface area contributed by atoms with Crippen LogP contribution in [0.1, 0.15) is 31.7 Å². The van der Waals surface area contributed by atoms with Gasteiger partial charge in [-0.05, 0) is 48.4 Å². The molecule has 2 aromatic rings. The lowest BCUT2D eigenvalue weighted by molar-refractivity contribution is -0.136. The fourth-order valence-corrected chi connectivity index (χ4v) is 2.41. The normalized spacial score (nSPS) is 10.1. The van der Waals surface area contributed by atoms with Crippen molar-refractivity contribution >= 4 is 17.5 Å². The van der Waals surface area contributed by atoms with Gasteiger partial charge in [-0.15, -0.1) is 0 Å². The highest BCUT2D eigenvalue weighted by Crippen LogP contribution is 2.16. The lowest BCUT2D eigenvalue weighted by atomic mass is 10.2. The zero-order valence-corrected chi connectivity index (χ0v) is 15.8. The first kappa shape index (κ1) is 20.3. The number of unbranched alkanes of at least 4 members (excludes halogenated alkanes) is 2. The van der Waals surface area contributed by atoms with Gasteiger partial charge in [-0.3, -0.25) is 9.59 Å². The number of anilines is 1. The molecule has 0 atom stereocenters. The van der Waals surface area contributed by atoms with Gasteiger partial charge in [0, 0.05) is 12.2 Å². The Morgan fingerprint density at radius 2 is 1.74 bits per heavy atom. The molecular formula is C21H26N2O4. The Morgan fingerprint density at radius 3 is 2.44 bits per heavy atom. The second-order valence-corrected chi connectivity index (χ2v) is 6.07. The number of methoxy groups -OCH3 is 1. The fourth-order valence-electron chi connectivity index (χ4n) is 2.41. The van der Waals surface area contributed by atoms with Crippen LogP contribution in [0, 0.1) is 0 Å². The van der Waals surface area contributed by atoms with Gasteiger partial charge >= 0.3 is 11.8 Å². The molecule has 2 rings (SSSR count). The van der Waals surface area contributed by atoms with E-state index in [2.05, 4.69) is 17.6 Å². The number of benzene rings is 2. The van der Waals surface area contributed by atoms with Crippen LogP contribution in [0.3, 0.4) is 0 Å². The molecule has 0 aromatic heterocycles. The summed E-state index contributed by atoms with van der Waals surface area (Å²) in [6.45, 7) is 3.06. The molecule has 0 radical (unpaired) electrons. The average molecular weight is 370 g/mol. The van der Waals surface area contributed by atoms with Crippen LogP contribution in [0.2, 0.25) is 0 Å². The van der Waals surface area contributed by atoms with Crippen LogP contribution < -0.4 is 20.1 Å². The molecule has 2 aromatic carbocycles. The van der Waals surface area contributed by atoms with Crippen LogP contribution in [0.15, 0.2) is 48.5 Å². The van der Waals surface area contributed by atoms with E-state index in [9.17, 15) is 9.59 Å². The van der Waals surface area contributed by atoms with Gasteiger partial charge in [0.2, 0.25) is 0 Å². The van der Waals surface area contributed by atoms with Gasteiger partial charge < -0.3 is 20.1 Å². The summed E-state index contributed by atoms with van der Waals surface area (Å²) in [5.74, 6) is 0.0296. The van der Waals surface area contributed by atoms with E-state index in [0.29, 0.717) is 18.0 Å². The molecular weight excluding hydrogens is 344 g/mol. The first-order valence-electron chi connectivity index (χ1n) is 9.07. The zero-order valence-electron chi connectivity index (χ0n) is 15.8. The van der Waals surface area contributed by atoms with Crippen LogP contribution in [0.25, 0.3) is 0 Å². The third kappa shape index (κ3) is 7.01. The number of carbonyl (C=O) groups excluding carboxylic acids is 2. The summed E-state index contributed by atoms with van der Waals surface area (Å²) >= 11 is 0. The number of amides is 2. The highest BCUT2D eigenvalue weighted by atomic mass is 16.5. The number of hydrogen-bond donors (Lipinski definition) is 2. The molecule has 2 amide bonds. The van der Waals surface area contributed by atoms with E-state index in [-0.39, 0.29) is 6.54 Å². The van der Waals surface area contributed by atoms with E-state index in [4.69, 9.17) is 9.47 Å². The van der Waals surface area contributed by atoms with Crippen molar-refractivity contribution < 1.29 is 19.1 Å². The van der Waals surface area contributed by atoms with Crippen molar-refractivity contribution in [2.24, 2.45) is 0 Å². The summed E-state index contributed by atoms with van der Waals surface area (Å²) in [5.41, 5.74) is 1.39. The molecule has 144 valence electrons. The predicted molar refractivity (Wildman–Crippen MR) is 105 cm³/mol. The quantitative estimate of drug-likeness (QED) is 0.523. The molecule has 6 nitrogen and oxygen atoms in total. The van der Waals surface area contributed by atoms with E-state index in [1.807, 2.05) is 18.2 Å². The van der Waals surface area contributed by atoms with E-state index in [1.54, 1.807) is 37.4 Å². The van der Waals surface area contributed by atoms with Crippen LogP contribution in [-0.4, -0.2) is 25.5 Å². The number of rotatable bonds is 9. The third-order valence-corrected chi connectivity index (χ3v) is 3.92. The molecule has 0 heterocycles. The Bertz CT molecular complexity index is 744. The van der Waals surface area contributed by atoms with Crippen LogP contribution in [0.5, 0.6) is 11.5 Å². The summed E-state index contributed by atoms with van der Waals surface area (Å²) in [5, 5.41) is 5.16. The van der Waals surface area contributed by atoms with Crippen molar-refractivity contribution in [1.82, 2.24) is 5.32 Å². The molecule has 2 N–H and O–H groups in total. The second-order valence-electron chi connectivity index (χ2n) is 6.07. The zero-order chi connectivity index (χ0) is 19.5. The minimum absolute atomic E-state index is 0.244. The Labute approximate surface area is 159 Å². The van der Waals surface area contributed by atoms with E-state index in [1.165, 1.54) is 0 Å². The SMILES string of the molecule is CCCCCOc1ccc(NC(=O)C(=O)NCc2cccc(OC)c2)cc1. The van der Waals surface area contributed by atoms with Crippen molar-refractivity contribution in [3.63, 3.8) is 0 Å². The Kier molecular flexibility index (Phi) is 8.16. The van der Waals surface area contributed by atoms with Crippen LogP contribution >= 0.6 is 0 Å². The maximum absolute atomic E-state index is 12.0. The Balaban J connectivity index is 1.78. The first-order chi connectivity index (χ1) is 13.1. The largest absolute Gasteiger partial charge is 0.497 e. The monoisotopic (exact) mass is 370 g/mol. The van der Waals surface area contributed by atoms with Crippen molar-refractivity contribution in [3.8, 4) is 11.5 Å². The molecule has 0 spiro atoms. The number of ether oxygens (including phenoxy) is 2. The van der Waals surface area contributed by atoms with E-state index < -0.39 is 11.8 Å². The van der Waals surface area contributed by atoms with Gasteiger partial charge in [-0.1, -0.05) is 31.9 Å². The molecule has 6 heteroatoms. The summed E-state index contributed by atoms with van der Waals surface area (Å²) in [6, 6.07) is 14.3. The molecule has 0 fully saturated rings. The van der Waals surface area contributed by atoms with Crippen LogP contribution in [0.4, 0.5) is 5.69 Å². The van der Waals surface area contributed by atoms with Gasteiger partial charge in [0.1, 0.15) is 11.5 Å². The Hall–Kier alpha value is -3.02. The molecule has 0 aliphatic carbocycles. The first-order valence-corrected chi connectivity index (χ1v) is 9.07. The van der Waals surface area contributed by atoms with Gasteiger partial charge in [-0.25, -0.2) is 0 Å². The molecule has 0 unspecified atom stereocenters. The number of hydrogen-bond acceptors (Lipinski definition) is 4. The van der Waals surface area contributed by atoms with Crippen molar-refractivity contribution in [2.75, 3.05) is 19.0 Å². The fraction of sp³-hybridized carbons (Fsp3) is 0.333. The summed E-state index contributed by atoms with van der Waals surface area (Å²) in [7, 11) is 1.58. The standard InChI is InChI=1S/C21H26N2O4/c1-3-4-5-13-27-18-11-9-17(10-12-18)23-21(25)20(24)22-15-16-7-6-8-19(14-16)26-2/h6-12,14H,3-5,13,15H2,1-2H3,(H,22,24)(H,23,25). The molecule has 27 heavy (non-hydrogen) atoms. The molecule has 0 aliphatic rings. The minimum atomic E-state index is -0.713. The molecule has 0 saturated carbocycles. The smallest absolute Gasteiger partial charge is 0.313 e. The van der Waals surface area contributed by atoms with E-state index >= 15 is 0 Å². The average Bonchev–Trinajstić information content (AvgIpc) is 2.70. The maximum atomic E-state index is 12.0. The lowest BCUT2D eigenvalue weighted by Gasteiger charge is -2.09. The predicted octanol–water partition coefficient (Wildman–Crippen LogP) is 3.52. The lowest BCUT2D eigenvalue weighted by Crippen LogP contribution is -2.34. The highest BCUT2D eigenvalue weighted by molar-refractivity contribution is 6.39. The molecule has 0 aliphatic heterocycles. The molecule has 0 bridgehead atoms. The minimum Gasteiger partial charge on any atom is -0.497 e. The second kappa shape index (κ2) is 10.9. The van der Waals surface area contributed by atoms with Gasteiger partial charge in [0.05, 0.1) is 13.7 Å².